The van der Waals surface area contributed by atoms with E-state index in [0.717, 1.165) is 22.4 Å². The summed E-state index contributed by atoms with van der Waals surface area (Å²) in [6, 6.07) is 18.0. The summed E-state index contributed by atoms with van der Waals surface area (Å²) in [7, 11) is 0. The largest absolute Gasteiger partial charge is 0.507 e. The van der Waals surface area contributed by atoms with Gasteiger partial charge >= 0.3 is 0 Å². The number of para-hydroxylation sites is 1. The Labute approximate surface area is 191 Å². The SMILES string of the molecule is C=CCOc1ccc(C2c3c(-c4ccccc4O)n[nH]c3C(=O)N2Cc2cccnc2)cc1. The van der Waals surface area contributed by atoms with E-state index in [1.165, 1.54) is 0 Å². The Morgan fingerprint density at radius 3 is 2.67 bits per heavy atom. The minimum absolute atomic E-state index is 0.108. The van der Waals surface area contributed by atoms with Gasteiger partial charge in [0.25, 0.3) is 5.91 Å². The molecule has 0 radical (unpaired) electrons. The molecular weight excluding hydrogens is 416 g/mol. The number of nitrogens with one attached hydrogen (secondary N) is 1. The fraction of sp³-hybridized carbons (Fsp3) is 0.115. The van der Waals surface area contributed by atoms with Crippen LogP contribution in [-0.4, -0.2) is 37.7 Å². The van der Waals surface area contributed by atoms with E-state index in [1.54, 1.807) is 41.6 Å². The number of carbonyl (C=O) groups is 1. The van der Waals surface area contributed by atoms with Crippen LogP contribution >= 0.6 is 0 Å². The number of phenolic OH excluding ortho intramolecular Hbond substituents is 1. The third-order valence-electron chi connectivity index (χ3n) is 5.66. The molecule has 2 N–H and O–H groups in total. The second kappa shape index (κ2) is 8.63. The number of H-pyrrole nitrogens is 1. The summed E-state index contributed by atoms with van der Waals surface area (Å²) in [5.41, 5.74) is 4.13. The Hall–Kier alpha value is -4.39. The minimum Gasteiger partial charge on any atom is -0.507 e. The van der Waals surface area contributed by atoms with E-state index < -0.39 is 6.04 Å². The molecule has 1 atom stereocenters. The zero-order valence-electron chi connectivity index (χ0n) is 17.8. The summed E-state index contributed by atoms with van der Waals surface area (Å²) < 4.78 is 5.62. The fourth-order valence-electron chi connectivity index (χ4n) is 4.18. The molecule has 5 rings (SSSR count). The van der Waals surface area contributed by atoms with Crippen LogP contribution < -0.4 is 4.74 Å². The topological polar surface area (TPSA) is 91.3 Å². The molecule has 3 heterocycles. The molecule has 0 aliphatic carbocycles. The summed E-state index contributed by atoms with van der Waals surface area (Å²) in [6.07, 6.45) is 5.15. The van der Waals surface area contributed by atoms with Gasteiger partial charge in [0.1, 0.15) is 29.5 Å². The lowest BCUT2D eigenvalue weighted by Crippen LogP contribution is -2.29. The highest BCUT2D eigenvalue weighted by Crippen LogP contribution is 2.45. The summed E-state index contributed by atoms with van der Waals surface area (Å²) in [6.45, 7) is 4.47. The van der Waals surface area contributed by atoms with E-state index in [9.17, 15) is 9.90 Å². The number of aromatic hydroxyl groups is 1. The Morgan fingerprint density at radius 2 is 1.94 bits per heavy atom. The fourth-order valence-corrected chi connectivity index (χ4v) is 4.18. The first-order valence-electron chi connectivity index (χ1n) is 10.6. The van der Waals surface area contributed by atoms with E-state index >= 15 is 0 Å². The standard InChI is InChI=1S/C26H22N4O3/c1-2-14-33-19-11-9-18(10-12-19)25-22-23(20-7-3-4-8-21(20)31)28-29-24(22)26(32)30(25)16-17-6-5-13-27-15-17/h2-13,15,25,31H,1,14,16H2,(H,28,29). The lowest BCUT2D eigenvalue weighted by Gasteiger charge is -2.26. The van der Waals surface area contributed by atoms with Crippen LogP contribution in [0.15, 0.2) is 85.7 Å². The molecule has 4 aromatic rings. The van der Waals surface area contributed by atoms with Gasteiger partial charge < -0.3 is 14.7 Å². The second-order valence-corrected chi connectivity index (χ2v) is 7.74. The molecule has 1 aliphatic heterocycles. The van der Waals surface area contributed by atoms with Gasteiger partial charge in [0.05, 0.1) is 6.04 Å². The van der Waals surface area contributed by atoms with Crippen LogP contribution in [0.3, 0.4) is 0 Å². The Bertz CT molecular complexity index is 1300. The van der Waals surface area contributed by atoms with Crippen molar-refractivity contribution in [2.24, 2.45) is 0 Å². The van der Waals surface area contributed by atoms with E-state index in [-0.39, 0.29) is 11.7 Å². The molecule has 0 saturated heterocycles. The first-order chi connectivity index (χ1) is 16.2. The molecule has 33 heavy (non-hydrogen) atoms. The Balaban J connectivity index is 1.61. The summed E-state index contributed by atoms with van der Waals surface area (Å²) in [4.78, 5) is 19.4. The van der Waals surface area contributed by atoms with Crippen LogP contribution in [-0.2, 0) is 6.54 Å². The molecule has 2 aromatic heterocycles. The first-order valence-corrected chi connectivity index (χ1v) is 10.6. The zero-order chi connectivity index (χ0) is 22.8. The molecule has 164 valence electrons. The number of aromatic amines is 1. The number of nitrogens with zero attached hydrogens (tertiary/aromatic N) is 3. The smallest absolute Gasteiger partial charge is 0.273 e. The molecule has 0 bridgehead atoms. The number of pyridine rings is 1. The number of ether oxygens (including phenoxy) is 1. The van der Waals surface area contributed by atoms with Crippen LogP contribution in [0.25, 0.3) is 11.3 Å². The number of benzene rings is 2. The lowest BCUT2D eigenvalue weighted by molar-refractivity contribution is 0.0730. The maximum Gasteiger partial charge on any atom is 0.273 e. The van der Waals surface area contributed by atoms with Gasteiger partial charge in [-0.15, -0.1) is 0 Å². The van der Waals surface area contributed by atoms with Crippen LogP contribution in [0.4, 0.5) is 0 Å². The minimum atomic E-state index is -0.394. The number of amides is 1. The van der Waals surface area contributed by atoms with E-state index in [4.69, 9.17) is 4.74 Å². The maximum absolute atomic E-state index is 13.5. The third-order valence-corrected chi connectivity index (χ3v) is 5.66. The Kier molecular flexibility index (Phi) is 5.36. The van der Waals surface area contributed by atoms with Crippen molar-refractivity contribution in [1.82, 2.24) is 20.1 Å². The summed E-state index contributed by atoms with van der Waals surface area (Å²) in [5, 5.41) is 17.8. The van der Waals surface area contributed by atoms with Gasteiger partial charge in [-0.2, -0.15) is 5.10 Å². The molecule has 1 amide bonds. The van der Waals surface area contributed by atoms with Crippen molar-refractivity contribution in [3.05, 3.63) is 108 Å². The van der Waals surface area contributed by atoms with Gasteiger partial charge in [0.15, 0.2) is 0 Å². The molecule has 0 saturated carbocycles. The third kappa shape index (κ3) is 3.74. The molecule has 1 unspecified atom stereocenters. The van der Waals surface area contributed by atoms with Gasteiger partial charge in [0.2, 0.25) is 0 Å². The highest BCUT2D eigenvalue weighted by molar-refractivity contribution is 6.00. The average molecular weight is 438 g/mol. The number of hydrogen-bond donors (Lipinski definition) is 2. The molecule has 2 aromatic carbocycles. The normalized spacial score (nSPS) is 14.8. The predicted molar refractivity (Wildman–Crippen MR) is 124 cm³/mol. The predicted octanol–water partition coefficient (Wildman–Crippen LogP) is 4.49. The number of rotatable bonds is 7. The number of aromatic nitrogens is 3. The van der Waals surface area contributed by atoms with Gasteiger partial charge in [-0.25, -0.2) is 0 Å². The van der Waals surface area contributed by atoms with Gasteiger partial charge in [-0.05, 0) is 41.5 Å². The average Bonchev–Trinajstić information content (AvgIpc) is 3.38. The summed E-state index contributed by atoms with van der Waals surface area (Å²) in [5.74, 6) is 0.673. The molecule has 7 heteroatoms. The maximum atomic E-state index is 13.5. The van der Waals surface area contributed by atoms with Crippen LogP contribution in [0, 0.1) is 0 Å². The van der Waals surface area contributed by atoms with Crippen molar-refractivity contribution in [2.45, 2.75) is 12.6 Å². The van der Waals surface area contributed by atoms with Crippen molar-refractivity contribution < 1.29 is 14.6 Å². The molecule has 1 aliphatic rings. The monoisotopic (exact) mass is 438 g/mol. The first kappa shape index (κ1) is 20.5. The number of fused-ring (bicyclic) bond motifs is 1. The highest BCUT2D eigenvalue weighted by Gasteiger charge is 2.42. The van der Waals surface area contributed by atoms with E-state index in [2.05, 4.69) is 21.8 Å². The van der Waals surface area contributed by atoms with Gasteiger partial charge in [0, 0.05) is 30.1 Å². The van der Waals surface area contributed by atoms with Crippen molar-refractivity contribution >= 4 is 5.91 Å². The summed E-state index contributed by atoms with van der Waals surface area (Å²) >= 11 is 0. The van der Waals surface area contributed by atoms with Crippen molar-refractivity contribution in [3.8, 4) is 22.8 Å². The quantitative estimate of drug-likeness (QED) is 0.415. The molecule has 7 nitrogen and oxygen atoms in total. The van der Waals surface area contributed by atoms with Gasteiger partial charge in [-0.1, -0.05) is 43.0 Å². The van der Waals surface area contributed by atoms with E-state index in [1.807, 2.05) is 42.5 Å². The van der Waals surface area contributed by atoms with Crippen molar-refractivity contribution in [2.75, 3.05) is 6.61 Å². The van der Waals surface area contributed by atoms with Crippen molar-refractivity contribution in [1.29, 1.82) is 0 Å². The lowest BCUT2D eigenvalue weighted by atomic mass is 9.95. The number of hydrogen-bond acceptors (Lipinski definition) is 5. The van der Waals surface area contributed by atoms with Crippen molar-refractivity contribution in [3.63, 3.8) is 0 Å². The second-order valence-electron chi connectivity index (χ2n) is 7.74. The Morgan fingerprint density at radius 1 is 1.12 bits per heavy atom. The van der Waals surface area contributed by atoms with Gasteiger partial charge in [-0.3, -0.25) is 14.9 Å². The molecule has 0 spiro atoms. The van der Waals surface area contributed by atoms with Crippen LogP contribution in [0.5, 0.6) is 11.5 Å². The molecule has 0 fully saturated rings. The van der Waals surface area contributed by atoms with Crippen LogP contribution in [0.2, 0.25) is 0 Å². The number of carbonyl (C=O) groups excluding carboxylic acids is 1. The zero-order valence-corrected chi connectivity index (χ0v) is 17.8. The van der Waals surface area contributed by atoms with E-state index in [0.29, 0.717) is 30.1 Å². The number of phenols is 1. The van der Waals surface area contributed by atoms with Crippen LogP contribution in [0.1, 0.15) is 33.2 Å². The highest BCUT2D eigenvalue weighted by atomic mass is 16.5. The molecular formula is C26H22N4O3.